The second kappa shape index (κ2) is 17.2. The number of nitrogens with one attached hydrogen (secondary N) is 2. The van der Waals surface area contributed by atoms with Crippen LogP contribution in [0.3, 0.4) is 0 Å². The average molecular weight is 425 g/mol. The van der Waals surface area contributed by atoms with Crippen molar-refractivity contribution in [3.63, 3.8) is 0 Å². The largest absolute Gasteiger partial charge is 0.416 e. The minimum atomic E-state index is -4.62. The van der Waals surface area contributed by atoms with E-state index in [-0.39, 0.29) is 11.1 Å². The number of hydrogen-bond donors (Lipinski definition) is 2. The molecule has 0 atom stereocenters. The number of amides is 1. The highest BCUT2D eigenvalue weighted by Crippen LogP contribution is 2.34. The van der Waals surface area contributed by atoms with Crippen molar-refractivity contribution in [1.82, 2.24) is 10.6 Å². The minimum absolute atomic E-state index is 0.184. The Balaban J connectivity index is -0.000000509. The van der Waals surface area contributed by atoms with Crippen LogP contribution in [0.1, 0.15) is 89.7 Å². The van der Waals surface area contributed by atoms with E-state index in [1.165, 1.54) is 33.0 Å². The van der Waals surface area contributed by atoms with Crippen LogP contribution in [0.4, 0.5) is 17.6 Å². The molecular weight excluding hydrogens is 384 g/mol. The summed E-state index contributed by atoms with van der Waals surface area (Å²) in [5, 5.41) is 5.43. The summed E-state index contributed by atoms with van der Waals surface area (Å²) in [7, 11) is 1.29. The number of benzene rings is 1. The van der Waals surface area contributed by atoms with Gasteiger partial charge in [-0.25, -0.2) is 4.39 Å². The lowest BCUT2D eigenvalue weighted by molar-refractivity contribution is -0.137. The fourth-order valence-corrected chi connectivity index (χ4v) is 2.03. The van der Waals surface area contributed by atoms with Gasteiger partial charge in [0.1, 0.15) is 5.67 Å². The maximum atomic E-state index is 13.7. The second-order valence-corrected chi connectivity index (χ2v) is 5.81. The van der Waals surface area contributed by atoms with Crippen molar-refractivity contribution in [3.8, 4) is 0 Å². The van der Waals surface area contributed by atoms with Gasteiger partial charge >= 0.3 is 6.18 Å². The summed E-state index contributed by atoms with van der Waals surface area (Å²) >= 11 is 0. The molecule has 0 unspecified atom stereocenters. The Labute approximate surface area is 174 Å². The zero-order valence-corrected chi connectivity index (χ0v) is 19.5. The molecule has 1 amide bonds. The van der Waals surface area contributed by atoms with E-state index in [1.807, 2.05) is 41.5 Å². The van der Waals surface area contributed by atoms with Crippen LogP contribution in [0.15, 0.2) is 18.2 Å². The molecule has 1 aromatic carbocycles. The van der Waals surface area contributed by atoms with Crippen LogP contribution in [0.25, 0.3) is 0 Å². The van der Waals surface area contributed by atoms with Crippen molar-refractivity contribution >= 4 is 5.91 Å². The molecule has 29 heavy (non-hydrogen) atoms. The van der Waals surface area contributed by atoms with E-state index in [2.05, 4.69) is 10.6 Å². The Hall–Kier alpha value is -1.63. The average Bonchev–Trinajstić information content (AvgIpc) is 3.30. The topological polar surface area (TPSA) is 41.1 Å². The minimum Gasteiger partial charge on any atom is -0.355 e. The van der Waals surface area contributed by atoms with E-state index in [9.17, 15) is 22.4 Å². The van der Waals surface area contributed by atoms with Crippen LogP contribution in [-0.2, 0) is 11.8 Å². The summed E-state index contributed by atoms with van der Waals surface area (Å²) < 4.78 is 51.7. The first-order chi connectivity index (χ1) is 13.6. The van der Waals surface area contributed by atoms with Gasteiger partial charge in [-0.15, -0.1) is 0 Å². The molecule has 1 fully saturated rings. The lowest BCUT2D eigenvalue weighted by atomic mass is 9.95. The number of halogens is 4. The highest BCUT2D eigenvalue weighted by molar-refractivity contribution is 5.94. The summed E-state index contributed by atoms with van der Waals surface area (Å²) in [4.78, 5) is 11.4. The SMILES string of the molecule is C1CCNC1.CC.CC.CC.CNC(=O)c1cc(C(C)(C)F)cc(C(F)(F)F)c1. The molecule has 1 aliphatic heterocycles. The van der Waals surface area contributed by atoms with Gasteiger partial charge in [0.05, 0.1) is 5.56 Å². The first kappa shape index (κ1) is 32.0. The lowest BCUT2D eigenvalue weighted by Crippen LogP contribution is -2.21. The van der Waals surface area contributed by atoms with E-state index in [0.29, 0.717) is 12.1 Å². The van der Waals surface area contributed by atoms with Crippen LogP contribution in [0.2, 0.25) is 0 Å². The van der Waals surface area contributed by atoms with Crippen molar-refractivity contribution in [3.05, 3.63) is 34.9 Å². The predicted octanol–water partition coefficient (Wildman–Crippen LogP) is 6.72. The predicted molar refractivity (Wildman–Crippen MR) is 115 cm³/mol. The summed E-state index contributed by atoms with van der Waals surface area (Å²) in [6.45, 7) is 16.8. The van der Waals surface area contributed by atoms with Crippen molar-refractivity contribution in [2.24, 2.45) is 0 Å². The van der Waals surface area contributed by atoms with Crippen LogP contribution in [0, 0.1) is 0 Å². The molecule has 1 saturated heterocycles. The van der Waals surface area contributed by atoms with Crippen LogP contribution < -0.4 is 10.6 Å². The fourth-order valence-electron chi connectivity index (χ4n) is 2.03. The van der Waals surface area contributed by atoms with Crippen molar-refractivity contribution < 1.29 is 22.4 Å². The molecule has 1 heterocycles. The van der Waals surface area contributed by atoms with Gasteiger partial charge in [-0.1, -0.05) is 41.5 Å². The third kappa shape index (κ3) is 14.1. The van der Waals surface area contributed by atoms with Crippen molar-refractivity contribution in [2.45, 2.75) is 80.1 Å². The molecule has 0 saturated carbocycles. The molecule has 0 aromatic heterocycles. The fraction of sp³-hybridized carbons (Fsp3) is 0.682. The van der Waals surface area contributed by atoms with E-state index in [4.69, 9.17) is 0 Å². The van der Waals surface area contributed by atoms with Gasteiger partial charge in [-0.2, -0.15) is 13.2 Å². The van der Waals surface area contributed by atoms with Crippen molar-refractivity contribution in [2.75, 3.05) is 20.1 Å². The monoisotopic (exact) mass is 424 g/mol. The van der Waals surface area contributed by atoms with E-state index in [0.717, 1.165) is 19.9 Å². The number of carbonyl (C=O) groups excluding carboxylic acids is 1. The summed E-state index contributed by atoms with van der Waals surface area (Å²) in [6.07, 6.45) is -1.84. The smallest absolute Gasteiger partial charge is 0.355 e. The molecule has 0 spiro atoms. The van der Waals surface area contributed by atoms with Gasteiger partial charge in [-0.05, 0) is 63.5 Å². The molecule has 7 heteroatoms. The third-order valence-corrected chi connectivity index (χ3v) is 3.39. The number of hydrogen-bond acceptors (Lipinski definition) is 2. The Morgan fingerprint density at radius 3 is 1.55 bits per heavy atom. The number of rotatable bonds is 2. The molecule has 3 nitrogen and oxygen atoms in total. The standard InChI is InChI=1S/C12H13F4NO.C4H9N.3C2H6/c1-11(2,13)8-4-7(10(18)17-3)5-9(6-8)12(14,15)16;1-2-4-5-3-1;3*1-2/h4-6H,1-3H3,(H,17,18);5H,1-4H2;3*1-2H3. The van der Waals surface area contributed by atoms with Gasteiger partial charge in [0.15, 0.2) is 0 Å². The number of carbonyl (C=O) groups is 1. The maximum absolute atomic E-state index is 13.7. The zero-order valence-electron chi connectivity index (χ0n) is 19.5. The van der Waals surface area contributed by atoms with Gasteiger partial charge < -0.3 is 10.6 Å². The Morgan fingerprint density at radius 2 is 1.28 bits per heavy atom. The lowest BCUT2D eigenvalue weighted by Gasteiger charge is -2.18. The van der Waals surface area contributed by atoms with Crippen LogP contribution in [-0.4, -0.2) is 26.0 Å². The van der Waals surface area contributed by atoms with Gasteiger partial charge in [0, 0.05) is 12.6 Å². The molecule has 0 aliphatic carbocycles. The molecule has 1 aromatic rings. The normalized spacial score (nSPS) is 12.4. The molecule has 172 valence electrons. The summed E-state index contributed by atoms with van der Waals surface area (Å²) in [5.74, 6) is -0.688. The Kier molecular flexibility index (Phi) is 19.1. The molecule has 0 bridgehead atoms. The summed E-state index contributed by atoms with van der Waals surface area (Å²) in [5.41, 5.74) is -3.39. The van der Waals surface area contributed by atoms with E-state index < -0.39 is 23.3 Å². The first-order valence-electron chi connectivity index (χ1n) is 10.4. The molecular formula is C22H40F4N2O. The summed E-state index contributed by atoms with van der Waals surface area (Å²) in [6, 6.07) is 2.54. The molecule has 2 rings (SSSR count). The van der Waals surface area contributed by atoms with E-state index >= 15 is 0 Å². The first-order valence-corrected chi connectivity index (χ1v) is 10.4. The highest BCUT2D eigenvalue weighted by atomic mass is 19.4. The van der Waals surface area contributed by atoms with Crippen molar-refractivity contribution in [1.29, 1.82) is 0 Å². The molecule has 1 aliphatic rings. The van der Waals surface area contributed by atoms with Crippen LogP contribution >= 0.6 is 0 Å². The Morgan fingerprint density at radius 1 is 0.862 bits per heavy atom. The van der Waals surface area contributed by atoms with Gasteiger partial charge in [-0.3, -0.25) is 4.79 Å². The number of alkyl halides is 4. The zero-order chi connectivity index (χ0) is 23.7. The third-order valence-electron chi connectivity index (χ3n) is 3.39. The van der Waals surface area contributed by atoms with Gasteiger partial charge in [0.2, 0.25) is 0 Å². The van der Waals surface area contributed by atoms with Gasteiger partial charge in [0.25, 0.3) is 5.91 Å². The molecule has 2 N–H and O–H groups in total. The maximum Gasteiger partial charge on any atom is 0.416 e. The van der Waals surface area contributed by atoms with E-state index in [1.54, 1.807) is 0 Å². The Bertz CT molecular complexity index is 495. The molecule has 0 radical (unpaired) electrons. The quantitative estimate of drug-likeness (QED) is 0.518. The second-order valence-electron chi connectivity index (χ2n) is 5.81. The van der Waals surface area contributed by atoms with Crippen LogP contribution in [0.5, 0.6) is 0 Å². The highest BCUT2D eigenvalue weighted by Gasteiger charge is 2.33.